The van der Waals surface area contributed by atoms with E-state index in [1.165, 1.54) is 11.2 Å². The number of rotatable bonds is 4. The van der Waals surface area contributed by atoms with Gasteiger partial charge < -0.3 is 21.4 Å². The predicted molar refractivity (Wildman–Crippen MR) is 84.8 cm³/mol. The van der Waals surface area contributed by atoms with E-state index in [1.807, 2.05) is 0 Å². The molecule has 0 aliphatic carbocycles. The highest BCUT2D eigenvalue weighted by Crippen LogP contribution is 2.18. The molecule has 1 aromatic rings. The van der Waals surface area contributed by atoms with Crippen molar-refractivity contribution < 1.29 is 9.59 Å². The summed E-state index contributed by atoms with van der Waals surface area (Å²) in [6.45, 7) is 0.545. The summed E-state index contributed by atoms with van der Waals surface area (Å²) >= 11 is 0. The zero-order valence-electron chi connectivity index (χ0n) is 10.8. The Labute approximate surface area is 138 Å². The summed E-state index contributed by atoms with van der Waals surface area (Å²) in [5.74, 6) is -0.694. The van der Waals surface area contributed by atoms with E-state index >= 15 is 0 Å². The molecule has 7 nitrogen and oxygen atoms in total. The number of nitrogens with two attached hydrogens (primary N) is 2. The first-order valence-corrected chi connectivity index (χ1v) is 5.92. The minimum atomic E-state index is -0.676. The number of aromatic amines is 1. The van der Waals surface area contributed by atoms with Crippen molar-refractivity contribution in [1.82, 2.24) is 14.9 Å². The van der Waals surface area contributed by atoms with Crippen molar-refractivity contribution in [1.29, 1.82) is 0 Å². The Balaban J connectivity index is 0.00000180. The first-order chi connectivity index (χ1) is 8.59. The maximum absolute atomic E-state index is 12.1. The Morgan fingerprint density at radius 2 is 2.20 bits per heavy atom. The molecule has 1 fully saturated rings. The number of halogens is 2. The van der Waals surface area contributed by atoms with Crippen LogP contribution < -0.4 is 11.5 Å². The Kier molecular flexibility index (Phi) is 7.99. The number of nitrogens with one attached hydrogen (secondary N) is 1. The van der Waals surface area contributed by atoms with Crippen molar-refractivity contribution in [2.24, 2.45) is 11.5 Å². The van der Waals surface area contributed by atoms with Crippen LogP contribution in [-0.4, -0.2) is 45.3 Å². The molecule has 2 atom stereocenters. The molecule has 2 amide bonds. The fourth-order valence-electron chi connectivity index (χ4n) is 2.26. The summed E-state index contributed by atoms with van der Waals surface area (Å²) in [4.78, 5) is 31.6. The lowest BCUT2D eigenvalue weighted by molar-refractivity contribution is -0.138. The molecule has 1 aliphatic heterocycles. The molecule has 20 heavy (non-hydrogen) atoms. The average molecular weight is 413 g/mol. The van der Waals surface area contributed by atoms with Crippen LogP contribution in [0.5, 0.6) is 0 Å². The van der Waals surface area contributed by atoms with Gasteiger partial charge in [0, 0.05) is 24.9 Å². The van der Waals surface area contributed by atoms with Crippen LogP contribution in [0.25, 0.3) is 0 Å². The zero-order valence-corrected chi connectivity index (χ0v) is 14.2. The molecule has 1 saturated heterocycles. The molecular formula is C11H19Br2N5O2. The number of nitrogens with zero attached hydrogens (tertiary/aromatic N) is 2. The fraction of sp³-hybridized carbons (Fsp3) is 0.545. The lowest BCUT2D eigenvalue weighted by atomic mass is 10.1. The van der Waals surface area contributed by atoms with Gasteiger partial charge >= 0.3 is 0 Å². The highest BCUT2D eigenvalue weighted by atomic mass is 79.9. The Morgan fingerprint density at radius 1 is 1.50 bits per heavy atom. The smallest absolute Gasteiger partial charge is 0.240 e. The minimum Gasteiger partial charge on any atom is -0.368 e. The van der Waals surface area contributed by atoms with Crippen molar-refractivity contribution in [2.75, 3.05) is 6.54 Å². The number of likely N-dealkylation sites (tertiary alicyclic amines) is 1. The molecule has 2 unspecified atom stereocenters. The summed E-state index contributed by atoms with van der Waals surface area (Å²) in [6.07, 6.45) is 4.95. The number of hydrogen-bond donors (Lipinski definition) is 3. The molecule has 0 radical (unpaired) electrons. The molecule has 0 spiro atoms. The van der Waals surface area contributed by atoms with Gasteiger partial charge in [-0.3, -0.25) is 9.59 Å². The minimum absolute atomic E-state index is 0. The lowest BCUT2D eigenvalue weighted by Gasteiger charge is -2.25. The molecule has 5 N–H and O–H groups in total. The van der Waals surface area contributed by atoms with Crippen LogP contribution in [0.3, 0.4) is 0 Å². The van der Waals surface area contributed by atoms with Crippen molar-refractivity contribution in [3.05, 3.63) is 18.2 Å². The van der Waals surface area contributed by atoms with E-state index in [2.05, 4.69) is 9.97 Å². The Bertz CT molecular complexity index is 440. The molecule has 114 valence electrons. The second-order valence-electron chi connectivity index (χ2n) is 4.48. The molecule has 2 heterocycles. The van der Waals surface area contributed by atoms with E-state index in [1.54, 1.807) is 6.20 Å². The SMILES string of the molecule is Br.Br.NC(=O)C1CCCN1C(=O)C(N)Cc1cnc[nH]1. The van der Waals surface area contributed by atoms with E-state index in [0.717, 1.165) is 12.1 Å². The number of aromatic nitrogens is 2. The van der Waals surface area contributed by atoms with Gasteiger partial charge in [-0.25, -0.2) is 4.98 Å². The van der Waals surface area contributed by atoms with Gasteiger partial charge in [-0.2, -0.15) is 0 Å². The number of primary amides is 1. The van der Waals surface area contributed by atoms with Gasteiger partial charge in [-0.05, 0) is 12.8 Å². The number of carbonyl (C=O) groups is 2. The second kappa shape index (κ2) is 8.38. The van der Waals surface area contributed by atoms with Gasteiger partial charge in [-0.1, -0.05) is 0 Å². The summed E-state index contributed by atoms with van der Waals surface area (Å²) in [5, 5.41) is 0. The first-order valence-electron chi connectivity index (χ1n) is 5.92. The topological polar surface area (TPSA) is 118 Å². The van der Waals surface area contributed by atoms with E-state index in [-0.39, 0.29) is 39.9 Å². The number of imidazole rings is 1. The van der Waals surface area contributed by atoms with E-state index in [9.17, 15) is 9.59 Å². The van der Waals surface area contributed by atoms with Crippen molar-refractivity contribution in [3.63, 3.8) is 0 Å². The van der Waals surface area contributed by atoms with Gasteiger partial charge in [0.15, 0.2) is 0 Å². The molecule has 2 rings (SSSR count). The van der Waals surface area contributed by atoms with E-state index in [4.69, 9.17) is 11.5 Å². The molecule has 1 aromatic heterocycles. The fourth-order valence-corrected chi connectivity index (χ4v) is 2.26. The van der Waals surface area contributed by atoms with Gasteiger partial charge in [0.1, 0.15) is 6.04 Å². The van der Waals surface area contributed by atoms with Gasteiger partial charge in [0.2, 0.25) is 11.8 Å². The second-order valence-corrected chi connectivity index (χ2v) is 4.48. The van der Waals surface area contributed by atoms with Crippen LogP contribution in [0, 0.1) is 0 Å². The van der Waals surface area contributed by atoms with Gasteiger partial charge in [0.25, 0.3) is 0 Å². The number of hydrogen-bond acceptors (Lipinski definition) is 4. The molecule has 0 aromatic carbocycles. The number of H-pyrrole nitrogens is 1. The highest BCUT2D eigenvalue weighted by molar-refractivity contribution is 8.93. The van der Waals surface area contributed by atoms with Crippen LogP contribution in [-0.2, 0) is 16.0 Å². The third-order valence-electron chi connectivity index (χ3n) is 3.18. The lowest BCUT2D eigenvalue weighted by Crippen LogP contribution is -2.50. The number of amides is 2. The van der Waals surface area contributed by atoms with Gasteiger partial charge in [-0.15, -0.1) is 34.0 Å². The quantitative estimate of drug-likeness (QED) is 0.640. The average Bonchev–Trinajstić information content (AvgIpc) is 2.97. The third kappa shape index (κ3) is 4.29. The standard InChI is InChI=1S/C11H17N5O2.2BrH/c12-8(4-7-5-14-6-15-7)11(18)16-3-1-2-9(16)10(13)17;;/h5-6,8-9H,1-4,12H2,(H2,13,17)(H,14,15);2*1H. The highest BCUT2D eigenvalue weighted by Gasteiger charge is 2.34. The monoisotopic (exact) mass is 411 g/mol. The Hall–Kier alpha value is -0.930. The van der Waals surface area contributed by atoms with Crippen molar-refractivity contribution in [3.8, 4) is 0 Å². The summed E-state index contributed by atoms with van der Waals surface area (Å²) in [6, 6.07) is -1.18. The predicted octanol–water partition coefficient (Wildman–Crippen LogP) is -0.0884. The van der Waals surface area contributed by atoms with Gasteiger partial charge in [0.05, 0.1) is 12.4 Å². The Morgan fingerprint density at radius 3 is 2.75 bits per heavy atom. The summed E-state index contributed by atoms with van der Waals surface area (Å²) < 4.78 is 0. The van der Waals surface area contributed by atoms with Crippen LogP contribution in [0.15, 0.2) is 12.5 Å². The molecule has 0 bridgehead atoms. The summed E-state index contributed by atoms with van der Waals surface area (Å²) in [5.41, 5.74) is 11.9. The molecule has 1 aliphatic rings. The normalized spacial score (nSPS) is 18.9. The molecular weight excluding hydrogens is 394 g/mol. The van der Waals surface area contributed by atoms with E-state index in [0.29, 0.717) is 19.4 Å². The largest absolute Gasteiger partial charge is 0.368 e. The number of carbonyl (C=O) groups excluding carboxylic acids is 2. The van der Waals surface area contributed by atoms with Crippen LogP contribution in [0.2, 0.25) is 0 Å². The van der Waals surface area contributed by atoms with E-state index < -0.39 is 18.0 Å². The van der Waals surface area contributed by atoms with Crippen molar-refractivity contribution >= 4 is 45.8 Å². The summed E-state index contributed by atoms with van der Waals surface area (Å²) in [7, 11) is 0. The van der Waals surface area contributed by atoms with Crippen LogP contribution in [0.4, 0.5) is 0 Å². The molecule has 0 saturated carbocycles. The van der Waals surface area contributed by atoms with Crippen LogP contribution >= 0.6 is 34.0 Å². The first kappa shape index (κ1) is 19.1. The molecule has 9 heteroatoms. The zero-order chi connectivity index (χ0) is 13.1. The third-order valence-corrected chi connectivity index (χ3v) is 3.18. The maximum atomic E-state index is 12.1. The van der Waals surface area contributed by atoms with Crippen LogP contribution in [0.1, 0.15) is 18.5 Å². The van der Waals surface area contributed by atoms with Crippen molar-refractivity contribution in [2.45, 2.75) is 31.3 Å². The maximum Gasteiger partial charge on any atom is 0.240 e.